The standard InChI is InChI=1S/C20H42Cl2Si/c1-3-5-6-7-8-9-10-11-12-13-14-15-16-17-18-19-20-23(21,22)4-2/h3-20H2,1-2H3. The van der Waals surface area contributed by atoms with E-state index in [0.29, 0.717) is 0 Å². The molecule has 0 heterocycles. The fraction of sp³-hybridized carbons (Fsp3) is 1.00. The Bertz CT molecular complexity index is 232. The molecule has 0 radical (unpaired) electrons. The molecule has 0 bridgehead atoms. The van der Waals surface area contributed by atoms with Crippen molar-refractivity contribution in [3.63, 3.8) is 0 Å². The molecule has 0 unspecified atom stereocenters. The van der Waals surface area contributed by atoms with Crippen LogP contribution in [-0.4, -0.2) is 6.69 Å². The SMILES string of the molecule is CCCCCCCCCCCCCCCCCC[Si](Cl)(Cl)CC. The van der Waals surface area contributed by atoms with Gasteiger partial charge in [0.25, 0.3) is 6.69 Å². The van der Waals surface area contributed by atoms with Crippen molar-refractivity contribution >= 4 is 28.9 Å². The molecule has 0 amide bonds. The first-order valence-corrected chi connectivity index (χ1v) is 14.9. The molecule has 0 aromatic heterocycles. The van der Waals surface area contributed by atoms with Crippen molar-refractivity contribution in [3.05, 3.63) is 0 Å². The highest BCUT2D eigenvalue weighted by molar-refractivity contribution is 7.45. The summed E-state index contributed by atoms with van der Waals surface area (Å²) in [6.45, 7) is 2.57. The van der Waals surface area contributed by atoms with Gasteiger partial charge in [0.2, 0.25) is 0 Å². The minimum Gasteiger partial charge on any atom is -0.146 e. The van der Waals surface area contributed by atoms with Gasteiger partial charge in [-0.05, 0) is 12.1 Å². The smallest absolute Gasteiger partial charge is 0.146 e. The molecule has 0 saturated heterocycles. The lowest BCUT2D eigenvalue weighted by Gasteiger charge is -2.13. The first-order valence-electron chi connectivity index (χ1n) is 10.5. The van der Waals surface area contributed by atoms with E-state index in [-0.39, 0.29) is 0 Å². The molecule has 23 heavy (non-hydrogen) atoms. The Morgan fingerprint density at radius 1 is 0.478 bits per heavy atom. The topological polar surface area (TPSA) is 0 Å². The maximum absolute atomic E-state index is 6.29. The van der Waals surface area contributed by atoms with E-state index in [4.69, 9.17) is 22.2 Å². The molecule has 0 fully saturated rings. The molecule has 0 rings (SSSR count). The van der Waals surface area contributed by atoms with Gasteiger partial charge in [-0.25, -0.2) is 0 Å². The van der Waals surface area contributed by atoms with E-state index in [1.165, 1.54) is 103 Å². The van der Waals surface area contributed by atoms with Crippen LogP contribution in [0, 0.1) is 0 Å². The molecular weight excluding hydrogens is 339 g/mol. The summed E-state index contributed by atoms with van der Waals surface area (Å²) in [5.74, 6) is 0. The highest BCUT2D eigenvalue weighted by atomic mass is 35.7. The summed E-state index contributed by atoms with van der Waals surface area (Å²) in [7, 11) is 0. The summed E-state index contributed by atoms with van der Waals surface area (Å²) in [4.78, 5) is 0. The summed E-state index contributed by atoms with van der Waals surface area (Å²) in [6.07, 6.45) is 22.7. The van der Waals surface area contributed by atoms with Crippen LogP contribution in [0.3, 0.4) is 0 Å². The Morgan fingerprint density at radius 3 is 1.09 bits per heavy atom. The molecule has 0 aromatic carbocycles. The monoisotopic (exact) mass is 380 g/mol. The van der Waals surface area contributed by atoms with Crippen LogP contribution in [-0.2, 0) is 0 Å². The van der Waals surface area contributed by atoms with E-state index in [1.807, 2.05) is 0 Å². The largest absolute Gasteiger partial charge is 0.251 e. The zero-order chi connectivity index (χ0) is 17.2. The number of rotatable bonds is 18. The van der Waals surface area contributed by atoms with Gasteiger partial charge >= 0.3 is 0 Å². The van der Waals surface area contributed by atoms with Crippen molar-refractivity contribution in [2.24, 2.45) is 0 Å². The summed E-state index contributed by atoms with van der Waals surface area (Å²) in [5, 5.41) is 0. The summed E-state index contributed by atoms with van der Waals surface area (Å²) in [6, 6.07) is 2.08. The van der Waals surface area contributed by atoms with Crippen LogP contribution >= 0.6 is 22.2 Å². The van der Waals surface area contributed by atoms with Gasteiger partial charge in [0, 0.05) is 0 Å². The van der Waals surface area contributed by atoms with Gasteiger partial charge in [-0.1, -0.05) is 117 Å². The van der Waals surface area contributed by atoms with E-state index >= 15 is 0 Å². The summed E-state index contributed by atoms with van der Waals surface area (Å²) < 4.78 is 0. The molecule has 0 saturated carbocycles. The quantitative estimate of drug-likeness (QED) is 0.126. The van der Waals surface area contributed by atoms with Crippen LogP contribution in [0.4, 0.5) is 0 Å². The number of unbranched alkanes of at least 4 members (excludes halogenated alkanes) is 15. The van der Waals surface area contributed by atoms with Gasteiger partial charge in [-0.15, -0.1) is 22.2 Å². The van der Waals surface area contributed by atoms with E-state index < -0.39 is 6.69 Å². The van der Waals surface area contributed by atoms with E-state index in [0.717, 1.165) is 12.1 Å². The lowest BCUT2D eigenvalue weighted by atomic mass is 10.0. The molecule has 140 valence electrons. The van der Waals surface area contributed by atoms with Crippen LogP contribution in [0.1, 0.15) is 117 Å². The fourth-order valence-electron chi connectivity index (χ4n) is 3.11. The Morgan fingerprint density at radius 2 is 0.783 bits per heavy atom. The zero-order valence-corrected chi connectivity index (χ0v) is 18.5. The van der Waals surface area contributed by atoms with Crippen molar-refractivity contribution in [2.45, 2.75) is 129 Å². The Labute approximate surface area is 157 Å². The van der Waals surface area contributed by atoms with Crippen LogP contribution in [0.25, 0.3) is 0 Å². The molecule has 0 atom stereocenters. The predicted octanol–water partition coefficient (Wildman–Crippen LogP) is 9.19. The molecule has 0 aromatic rings. The van der Waals surface area contributed by atoms with Gasteiger partial charge in [-0.2, -0.15) is 0 Å². The van der Waals surface area contributed by atoms with Crippen molar-refractivity contribution in [2.75, 3.05) is 0 Å². The normalized spacial score (nSPS) is 12.0. The molecule has 0 aliphatic carbocycles. The highest BCUT2D eigenvalue weighted by Gasteiger charge is 2.24. The lowest BCUT2D eigenvalue weighted by Crippen LogP contribution is -2.16. The second-order valence-corrected chi connectivity index (χ2v) is 15.1. The minimum absolute atomic E-state index is 0.995. The predicted molar refractivity (Wildman–Crippen MR) is 112 cm³/mol. The maximum Gasteiger partial charge on any atom is 0.251 e. The molecule has 0 spiro atoms. The van der Waals surface area contributed by atoms with Crippen LogP contribution < -0.4 is 0 Å². The molecule has 0 N–H and O–H groups in total. The molecule has 3 heteroatoms. The molecule has 0 nitrogen and oxygen atoms in total. The van der Waals surface area contributed by atoms with Crippen molar-refractivity contribution in [1.29, 1.82) is 0 Å². The average Bonchev–Trinajstić information content (AvgIpc) is 2.54. The van der Waals surface area contributed by atoms with Gasteiger partial charge in [0.15, 0.2) is 0 Å². The van der Waals surface area contributed by atoms with E-state index in [9.17, 15) is 0 Å². The van der Waals surface area contributed by atoms with Crippen LogP contribution in [0.5, 0.6) is 0 Å². The first-order chi connectivity index (χ1) is 11.1. The number of halogens is 2. The third-order valence-corrected chi connectivity index (χ3v) is 9.77. The molecular formula is C20H42Cl2Si. The number of hydrogen-bond donors (Lipinski definition) is 0. The van der Waals surface area contributed by atoms with Crippen LogP contribution in [0.2, 0.25) is 12.1 Å². The van der Waals surface area contributed by atoms with E-state index in [2.05, 4.69) is 13.8 Å². The van der Waals surface area contributed by atoms with Crippen molar-refractivity contribution < 1.29 is 0 Å². The minimum atomic E-state index is -1.84. The first kappa shape index (κ1) is 23.8. The second kappa shape index (κ2) is 17.6. The van der Waals surface area contributed by atoms with Gasteiger partial charge in [0.05, 0.1) is 0 Å². The Balaban J connectivity index is 3.05. The van der Waals surface area contributed by atoms with Crippen LogP contribution in [0.15, 0.2) is 0 Å². The van der Waals surface area contributed by atoms with Gasteiger partial charge in [-0.3, -0.25) is 0 Å². The summed E-state index contributed by atoms with van der Waals surface area (Å²) in [5.41, 5.74) is 0. The third-order valence-electron chi connectivity index (χ3n) is 4.91. The number of hydrogen-bond acceptors (Lipinski definition) is 0. The third kappa shape index (κ3) is 19.0. The molecule has 0 aliphatic heterocycles. The van der Waals surface area contributed by atoms with Gasteiger partial charge in [0.1, 0.15) is 0 Å². The maximum atomic E-state index is 6.29. The summed E-state index contributed by atoms with van der Waals surface area (Å²) >= 11 is 12.6. The van der Waals surface area contributed by atoms with Crippen molar-refractivity contribution in [1.82, 2.24) is 0 Å². The van der Waals surface area contributed by atoms with Crippen molar-refractivity contribution in [3.8, 4) is 0 Å². The Hall–Kier alpha value is 0.797. The highest BCUT2D eigenvalue weighted by Crippen LogP contribution is 2.27. The second-order valence-electron chi connectivity index (χ2n) is 7.26. The Kier molecular flexibility index (Phi) is 18.2. The molecule has 0 aliphatic rings. The van der Waals surface area contributed by atoms with Gasteiger partial charge < -0.3 is 0 Å². The van der Waals surface area contributed by atoms with E-state index in [1.54, 1.807) is 0 Å². The fourth-order valence-corrected chi connectivity index (χ4v) is 5.03. The lowest BCUT2D eigenvalue weighted by molar-refractivity contribution is 0.531. The average molecular weight is 382 g/mol. The zero-order valence-electron chi connectivity index (χ0n) is 16.0.